The molecule has 1 fully saturated rings. The number of anilines is 1. The first-order valence-corrected chi connectivity index (χ1v) is 6.50. The number of benzene rings is 1. The molecular formula is C14H21FN2O. The zero-order chi connectivity index (χ0) is 13.1. The lowest BCUT2D eigenvalue weighted by molar-refractivity contribution is 0.212. The van der Waals surface area contributed by atoms with Gasteiger partial charge in [-0.25, -0.2) is 4.39 Å². The molecule has 2 rings (SSSR count). The summed E-state index contributed by atoms with van der Waals surface area (Å²) in [6.07, 6.45) is 1.05. The Bertz CT molecular complexity index is 411. The van der Waals surface area contributed by atoms with Gasteiger partial charge in [0.15, 0.2) is 0 Å². The lowest BCUT2D eigenvalue weighted by atomic mass is 10.1. The Morgan fingerprint density at radius 1 is 1.39 bits per heavy atom. The monoisotopic (exact) mass is 252 g/mol. The van der Waals surface area contributed by atoms with Crippen LogP contribution in [-0.2, 0) is 6.61 Å². The van der Waals surface area contributed by atoms with Crippen molar-refractivity contribution in [2.24, 2.45) is 0 Å². The van der Waals surface area contributed by atoms with Crippen molar-refractivity contribution in [3.8, 4) is 0 Å². The smallest absolute Gasteiger partial charge is 0.146 e. The molecule has 1 unspecified atom stereocenters. The molecule has 0 aromatic heterocycles. The summed E-state index contributed by atoms with van der Waals surface area (Å²) in [7, 11) is 2.11. The quantitative estimate of drug-likeness (QED) is 0.889. The first-order valence-electron chi connectivity index (χ1n) is 6.50. The highest BCUT2D eigenvalue weighted by molar-refractivity contribution is 5.55. The number of hydrogen-bond acceptors (Lipinski definition) is 3. The Morgan fingerprint density at radius 3 is 2.83 bits per heavy atom. The third-order valence-electron chi connectivity index (χ3n) is 3.81. The summed E-state index contributed by atoms with van der Waals surface area (Å²) in [5, 5.41) is 9.34. The number of aliphatic hydroxyl groups excluding tert-OH is 1. The van der Waals surface area contributed by atoms with Gasteiger partial charge in [-0.1, -0.05) is 19.1 Å². The van der Waals surface area contributed by atoms with E-state index in [2.05, 4.69) is 23.8 Å². The van der Waals surface area contributed by atoms with E-state index >= 15 is 0 Å². The van der Waals surface area contributed by atoms with Crippen LogP contribution in [0.25, 0.3) is 0 Å². The number of nitrogens with zero attached hydrogens (tertiary/aromatic N) is 2. The molecule has 1 atom stereocenters. The summed E-state index contributed by atoms with van der Waals surface area (Å²) in [4.78, 5) is 4.38. The molecule has 1 aromatic carbocycles. The highest BCUT2D eigenvalue weighted by Crippen LogP contribution is 2.27. The summed E-state index contributed by atoms with van der Waals surface area (Å²) in [5.41, 5.74) is 1.25. The Morgan fingerprint density at radius 2 is 2.17 bits per heavy atom. The minimum Gasteiger partial charge on any atom is -0.392 e. The minimum atomic E-state index is -0.235. The molecule has 1 saturated heterocycles. The molecule has 0 aliphatic carbocycles. The van der Waals surface area contributed by atoms with Crippen LogP contribution in [0.5, 0.6) is 0 Å². The van der Waals surface area contributed by atoms with E-state index in [0.717, 1.165) is 26.1 Å². The van der Waals surface area contributed by atoms with Gasteiger partial charge in [0, 0.05) is 31.2 Å². The molecule has 1 aromatic rings. The van der Waals surface area contributed by atoms with Crippen LogP contribution in [0.2, 0.25) is 0 Å². The summed E-state index contributed by atoms with van der Waals surface area (Å²) in [6, 6.07) is 5.35. The van der Waals surface area contributed by atoms with Crippen molar-refractivity contribution in [3.63, 3.8) is 0 Å². The normalized spacial score (nSPS) is 21.3. The lowest BCUT2D eigenvalue weighted by Gasteiger charge is -2.41. The SMILES string of the molecule is CCC1CN(c2c(F)cccc2CO)CCN1C. The lowest BCUT2D eigenvalue weighted by Crippen LogP contribution is -2.51. The zero-order valence-corrected chi connectivity index (χ0v) is 11.1. The molecule has 18 heavy (non-hydrogen) atoms. The van der Waals surface area contributed by atoms with Gasteiger partial charge in [-0.2, -0.15) is 0 Å². The largest absolute Gasteiger partial charge is 0.392 e. The summed E-state index contributed by atoms with van der Waals surface area (Å²) in [5.74, 6) is -0.235. The van der Waals surface area contributed by atoms with Crippen LogP contribution in [0.3, 0.4) is 0 Å². The molecular weight excluding hydrogens is 231 g/mol. The van der Waals surface area contributed by atoms with Crippen LogP contribution >= 0.6 is 0 Å². The van der Waals surface area contributed by atoms with Crippen molar-refractivity contribution in [2.45, 2.75) is 26.0 Å². The van der Waals surface area contributed by atoms with Crippen molar-refractivity contribution in [3.05, 3.63) is 29.6 Å². The third-order valence-corrected chi connectivity index (χ3v) is 3.81. The maximum absolute atomic E-state index is 14.0. The maximum atomic E-state index is 14.0. The first-order chi connectivity index (χ1) is 8.67. The topological polar surface area (TPSA) is 26.7 Å². The summed E-state index contributed by atoms with van der Waals surface area (Å²) < 4.78 is 14.0. The average molecular weight is 252 g/mol. The van der Waals surface area contributed by atoms with Gasteiger partial charge in [-0.05, 0) is 19.5 Å². The van der Waals surface area contributed by atoms with Crippen LogP contribution < -0.4 is 4.90 Å². The molecule has 4 heteroatoms. The van der Waals surface area contributed by atoms with E-state index in [4.69, 9.17) is 0 Å². The number of piperazine rings is 1. The number of halogens is 1. The molecule has 0 bridgehead atoms. The van der Waals surface area contributed by atoms with Gasteiger partial charge in [0.2, 0.25) is 0 Å². The average Bonchev–Trinajstić information content (AvgIpc) is 2.39. The predicted octanol–water partition coefficient (Wildman–Crippen LogP) is 1.85. The van der Waals surface area contributed by atoms with E-state index < -0.39 is 0 Å². The number of para-hydroxylation sites is 1. The fourth-order valence-corrected chi connectivity index (χ4v) is 2.63. The van der Waals surface area contributed by atoms with Crippen molar-refractivity contribution in [2.75, 3.05) is 31.6 Å². The second-order valence-electron chi connectivity index (χ2n) is 4.89. The fraction of sp³-hybridized carbons (Fsp3) is 0.571. The zero-order valence-electron chi connectivity index (χ0n) is 11.1. The molecule has 0 amide bonds. The Labute approximate surface area is 108 Å². The van der Waals surface area contributed by atoms with Gasteiger partial charge in [-0.3, -0.25) is 4.90 Å². The van der Waals surface area contributed by atoms with Crippen molar-refractivity contribution >= 4 is 5.69 Å². The van der Waals surface area contributed by atoms with Gasteiger partial charge in [0.25, 0.3) is 0 Å². The second kappa shape index (κ2) is 5.67. The van der Waals surface area contributed by atoms with E-state index in [1.807, 2.05) is 0 Å². The van der Waals surface area contributed by atoms with Crippen LogP contribution in [0.4, 0.5) is 10.1 Å². The Hall–Kier alpha value is -1.13. The van der Waals surface area contributed by atoms with Gasteiger partial charge in [0.05, 0.1) is 12.3 Å². The van der Waals surface area contributed by atoms with Gasteiger partial charge >= 0.3 is 0 Å². The van der Waals surface area contributed by atoms with Crippen molar-refractivity contribution in [1.82, 2.24) is 4.90 Å². The van der Waals surface area contributed by atoms with Crippen LogP contribution in [0, 0.1) is 5.82 Å². The van der Waals surface area contributed by atoms with Crippen LogP contribution in [-0.4, -0.2) is 42.7 Å². The molecule has 1 N–H and O–H groups in total. The van der Waals surface area contributed by atoms with Gasteiger partial charge in [0.1, 0.15) is 5.82 Å². The molecule has 3 nitrogen and oxygen atoms in total. The molecule has 0 saturated carbocycles. The Kier molecular flexibility index (Phi) is 4.19. The van der Waals surface area contributed by atoms with E-state index in [-0.39, 0.29) is 12.4 Å². The van der Waals surface area contributed by atoms with Crippen LogP contribution in [0.15, 0.2) is 18.2 Å². The minimum absolute atomic E-state index is 0.115. The van der Waals surface area contributed by atoms with E-state index in [1.165, 1.54) is 6.07 Å². The van der Waals surface area contributed by atoms with Crippen molar-refractivity contribution < 1.29 is 9.50 Å². The highest BCUT2D eigenvalue weighted by Gasteiger charge is 2.25. The standard InChI is InChI=1S/C14H21FN2O/c1-3-12-9-17(8-7-16(12)2)14-11(10-18)5-4-6-13(14)15/h4-6,12,18H,3,7-10H2,1-2H3. The summed E-state index contributed by atoms with van der Waals surface area (Å²) >= 11 is 0. The van der Waals surface area contributed by atoms with Gasteiger partial charge in [-0.15, -0.1) is 0 Å². The maximum Gasteiger partial charge on any atom is 0.146 e. The molecule has 1 aliphatic heterocycles. The van der Waals surface area contributed by atoms with Gasteiger partial charge < -0.3 is 10.0 Å². The fourth-order valence-electron chi connectivity index (χ4n) is 2.63. The van der Waals surface area contributed by atoms with E-state index in [9.17, 15) is 9.50 Å². The molecule has 0 radical (unpaired) electrons. The second-order valence-corrected chi connectivity index (χ2v) is 4.89. The number of rotatable bonds is 3. The first kappa shape index (κ1) is 13.3. The molecule has 1 aliphatic rings. The number of aliphatic hydroxyl groups is 1. The molecule has 100 valence electrons. The third kappa shape index (κ3) is 2.49. The van der Waals surface area contributed by atoms with E-state index in [0.29, 0.717) is 17.3 Å². The number of likely N-dealkylation sites (N-methyl/N-ethyl adjacent to an activating group) is 1. The van der Waals surface area contributed by atoms with Crippen LogP contribution in [0.1, 0.15) is 18.9 Å². The Balaban J connectivity index is 2.26. The summed E-state index contributed by atoms with van der Waals surface area (Å²) in [6.45, 7) is 4.59. The predicted molar refractivity (Wildman–Crippen MR) is 71.2 cm³/mol. The molecule has 0 spiro atoms. The molecule has 1 heterocycles. The number of hydrogen-bond donors (Lipinski definition) is 1. The highest BCUT2D eigenvalue weighted by atomic mass is 19.1. The van der Waals surface area contributed by atoms with E-state index in [1.54, 1.807) is 12.1 Å². The van der Waals surface area contributed by atoms with Crippen molar-refractivity contribution in [1.29, 1.82) is 0 Å².